The van der Waals surface area contributed by atoms with Crippen LogP contribution in [0.3, 0.4) is 0 Å². The van der Waals surface area contributed by atoms with Gasteiger partial charge in [0.2, 0.25) is 5.69 Å². The Morgan fingerprint density at radius 2 is 1.78 bits per heavy atom. The normalized spacial score (nSPS) is 21.3. The van der Waals surface area contributed by atoms with Crippen molar-refractivity contribution in [1.29, 1.82) is 0 Å². The van der Waals surface area contributed by atoms with Crippen LogP contribution < -0.4 is 4.90 Å². The first-order valence-corrected chi connectivity index (χ1v) is 14.2. The zero-order valence-electron chi connectivity index (χ0n) is 23.0. The average Bonchev–Trinajstić information content (AvgIpc) is 3.18. The van der Waals surface area contributed by atoms with Crippen molar-refractivity contribution in [3.8, 4) is 0 Å². The quantitative estimate of drug-likeness (QED) is 0.371. The smallest absolute Gasteiger partial charge is 0.209 e. The fourth-order valence-electron chi connectivity index (χ4n) is 6.89. The monoisotopic (exact) mass is 501 g/mol. The van der Waals surface area contributed by atoms with Crippen LogP contribution in [-0.4, -0.2) is 23.9 Å². The van der Waals surface area contributed by atoms with E-state index in [1.165, 1.54) is 78.0 Å². The lowest BCUT2D eigenvalue weighted by Gasteiger charge is -2.37. The second kappa shape index (κ2) is 9.53. The van der Waals surface area contributed by atoms with Gasteiger partial charge in [0.15, 0.2) is 5.71 Å². The Morgan fingerprint density at radius 1 is 1.03 bits per heavy atom. The van der Waals surface area contributed by atoms with E-state index >= 15 is 0 Å². The van der Waals surface area contributed by atoms with Crippen molar-refractivity contribution in [2.45, 2.75) is 84.0 Å². The Morgan fingerprint density at radius 3 is 2.50 bits per heavy atom. The number of fused-ring (bicyclic) bond motifs is 3. The van der Waals surface area contributed by atoms with Crippen LogP contribution in [0.4, 0.5) is 11.4 Å². The summed E-state index contributed by atoms with van der Waals surface area (Å²) in [6, 6.07) is 13.4. The van der Waals surface area contributed by atoms with E-state index in [-0.39, 0.29) is 10.8 Å². The molecule has 2 aromatic rings. The lowest BCUT2D eigenvalue weighted by molar-refractivity contribution is -0.401. The number of halogens is 1. The van der Waals surface area contributed by atoms with Crippen molar-refractivity contribution in [3.63, 3.8) is 0 Å². The highest BCUT2D eigenvalue weighted by molar-refractivity contribution is 6.30. The van der Waals surface area contributed by atoms with Gasteiger partial charge >= 0.3 is 0 Å². The van der Waals surface area contributed by atoms with Crippen molar-refractivity contribution < 1.29 is 4.58 Å². The molecule has 0 saturated heterocycles. The molecular formula is C33H42ClN2+. The molecule has 190 valence electrons. The summed E-state index contributed by atoms with van der Waals surface area (Å²) < 4.78 is 2.37. The number of hydrogen-bond donors (Lipinski definition) is 0. The molecule has 0 aromatic heterocycles. The summed E-state index contributed by atoms with van der Waals surface area (Å²) in [5.74, 6) is 0.672. The van der Waals surface area contributed by atoms with E-state index in [1.807, 2.05) is 0 Å². The molecule has 1 aliphatic carbocycles. The summed E-state index contributed by atoms with van der Waals surface area (Å²) in [6.07, 6.45) is 14.6. The fourth-order valence-corrected chi connectivity index (χ4v) is 7.06. The van der Waals surface area contributed by atoms with Gasteiger partial charge in [0.05, 0.1) is 5.41 Å². The van der Waals surface area contributed by atoms with E-state index < -0.39 is 0 Å². The van der Waals surface area contributed by atoms with Crippen LogP contribution in [0.5, 0.6) is 0 Å². The van der Waals surface area contributed by atoms with E-state index in [9.17, 15) is 0 Å². The molecule has 0 amide bonds. The molecule has 0 bridgehead atoms. The number of aryl methyl sites for hydroxylation is 1. The zero-order valence-corrected chi connectivity index (χ0v) is 23.8. The molecule has 1 saturated carbocycles. The van der Waals surface area contributed by atoms with Gasteiger partial charge < -0.3 is 4.90 Å². The third-order valence-corrected chi connectivity index (χ3v) is 9.11. The summed E-state index contributed by atoms with van der Waals surface area (Å²) in [6.45, 7) is 12.6. The Bertz CT molecular complexity index is 1250. The molecule has 36 heavy (non-hydrogen) atoms. The largest absolute Gasteiger partial charge is 0.344 e. The maximum Gasteiger partial charge on any atom is 0.209 e. The summed E-state index contributed by atoms with van der Waals surface area (Å²) in [7, 11) is 2.21. The molecule has 2 aliphatic heterocycles. The Labute approximate surface area is 223 Å². The number of anilines is 1. The molecule has 2 aromatic carbocycles. The molecule has 0 unspecified atom stereocenters. The Hall–Kier alpha value is -2.32. The van der Waals surface area contributed by atoms with Crippen LogP contribution in [0.15, 0.2) is 60.3 Å². The van der Waals surface area contributed by atoms with Crippen molar-refractivity contribution in [2.75, 3.05) is 18.5 Å². The molecule has 2 heterocycles. The molecule has 1 fully saturated rings. The second-order valence-electron chi connectivity index (χ2n) is 12.1. The predicted octanol–water partition coefficient (Wildman–Crippen LogP) is 8.86. The average molecular weight is 502 g/mol. The maximum absolute atomic E-state index is 6.58. The maximum atomic E-state index is 6.58. The third kappa shape index (κ3) is 4.16. The fraction of sp³-hybridized carbons (Fsp3) is 0.485. The van der Waals surface area contributed by atoms with E-state index in [0.29, 0.717) is 5.92 Å². The topological polar surface area (TPSA) is 6.25 Å². The number of allylic oxidation sites excluding steroid dienone is 4. The molecule has 0 atom stereocenters. The van der Waals surface area contributed by atoms with E-state index in [2.05, 4.69) is 106 Å². The molecular weight excluding hydrogens is 460 g/mol. The summed E-state index contributed by atoms with van der Waals surface area (Å²) in [4.78, 5) is 2.62. The van der Waals surface area contributed by atoms with Crippen molar-refractivity contribution in [2.24, 2.45) is 5.92 Å². The molecule has 1 spiro atoms. The van der Waals surface area contributed by atoms with Crippen molar-refractivity contribution in [1.82, 2.24) is 0 Å². The predicted molar refractivity (Wildman–Crippen MR) is 155 cm³/mol. The van der Waals surface area contributed by atoms with E-state index in [4.69, 9.17) is 11.6 Å². The van der Waals surface area contributed by atoms with Gasteiger partial charge in [-0.25, -0.2) is 0 Å². The SMILES string of the molecule is Cc1ccc2c(c1)C(C)(C)C(/C=C/C=C1/N(CCC(C)C)c3ccc(Cl)cc3C13CCCCC3)=[N+]2C. The van der Waals surface area contributed by atoms with Gasteiger partial charge in [0.1, 0.15) is 7.05 Å². The van der Waals surface area contributed by atoms with Crippen LogP contribution in [0, 0.1) is 12.8 Å². The molecule has 0 radical (unpaired) electrons. The lowest BCUT2D eigenvalue weighted by atomic mass is 9.68. The highest BCUT2D eigenvalue weighted by Gasteiger charge is 2.47. The van der Waals surface area contributed by atoms with Crippen molar-refractivity contribution >= 4 is 28.7 Å². The van der Waals surface area contributed by atoms with Crippen LogP contribution >= 0.6 is 11.6 Å². The van der Waals surface area contributed by atoms with Gasteiger partial charge in [0.25, 0.3) is 0 Å². The molecule has 5 rings (SSSR count). The van der Waals surface area contributed by atoms with Gasteiger partial charge in [-0.2, -0.15) is 4.58 Å². The van der Waals surface area contributed by atoms with E-state index in [1.54, 1.807) is 0 Å². The molecule has 3 aliphatic rings. The standard InChI is InChI=1S/C33H42ClN2/c1-23(2)17-20-36-29-16-14-25(34)22-27(29)33(18-8-7-9-19-33)31(36)12-10-11-30-32(4,5)26-21-24(3)13-15-28(26)35(30)6/h10-16,21-23H,7-9,17-20H2,1-6H3/q+1. The Kier molecular flexibility index (Phi) is 6.70. The minimum absolute atomic E-state index is 0.0167. The summed E-state index contributed by atoms with van der Waals surface area (Å²) in [5, 5.41) is 0.859. The van der Waals surface area contributed by atoms with Gasteiger partial charge in [-0.05, 0) is 81.9 Å². The summed E-state index contributed by atoms with van der Waals surface area (Å²) >= 11 is 6.58. The number of benzene rings is 2. The first-order valence-electron chi connectivity index (χ1n) is 13.8. The number of nitrogens with zero attached hydrogens (tertiary/aromatic N) is 2. The first kappa shape index (κ1) is 25.3. The van der Waals surface area contributed by atoms with Gasteiger partial charge in [-0.3, -0.25) is 0 Å². The van der Waals surface area contributed by atoms with Crippen LogP contribution in [0.25, 0.3) is 0 Å². The van der Waals surface area contributed by atoms with Crippen LogP contribution in [0.2, 0.25) is 5.02 Å². The molecule has 0 N–H and O–H groups in total. The zero-order chi connectivity index (χ0) is 25.7. The van der Waals surface area contributed by atoms with Crippen molar-refractivity contribution in [3.05, 3.63) is 82.0 Å². The van der Waals surface area contributed by atoms with Gasteiger partial charge in [-0.15, -0.1) is 0 Å². The third-order valence-electron chi connectivity index (χ3n) is 8.88. The first-order chi connectivity index (χ1) is 17.1. The number of hydrogen-bond acceptors (Lipinski definition) is 1. The molecule has 2 nitrogen and oxygen atoms in total. The minimum atomic E-state index is -0.0167. The molecule has 3 heteroatoms. The minimum Gasteiger partial charge on any atom is -0.344 e. The number of rotatable bonds is 5. The van der Waals surface area contributed by atoms with Gasteiger partial charge in [0, 0.05) is 46.1 Å². The lowest BCUT2D eigenvalue weighted by Crippen LogP contribution is -2.34. The van der Waals surface area contributed by atoms with Gasteiger partial charge in [-0.1, -0.05) is 62.4 Å². The van der Waals surface area contributed by atoms with Crippen LogP contribution in [0.1, 0.15) is 82.9 Å². The van der Waals surface area contributed by atoms with Crippen LogP contribution in [-0.2, 0) is 10.8 Å². The van der Waals surface area contributed by atoms with E-state index in [0.717, 1.165) is 11.6 Å². The Balaban J connectivity index is 1.57. The second-order valence-corrected chi connectivity index (χ2v) is 12.6. The highest BCUT2D eigenvalue weighted by atomic mass is 35.5. The highest BCUT2D eigenvalue weighted by Crippen LogP contribution is 2.56. The summed E-state index contributed by atoms with van der Waals surface area (Å²) in [5.41, 5.74) is 9.78.